The van der Waals surface area contributed by atoms with E-state index in [-0.39, 0.29) is 10.7 Å². The summed E-state index contributed by atoms with van der Waals surface area (Å²) in [5, 5.41) is 6.45. The fourth-order valence-electron chi connectivity index (χ4n) is 0.326. The molecule has 0 aliphatic carbocycles. The average Bonchev–Trinajstić information content (AvgIpc) is 1.69. The first-order valence-electron chi connectivity index (χ1n) is 1.92. The first-order chi connectivity index (χ1) is 3.39. The second kappa shape index (κ2) is 1.93. The summed E-state index contributed by atoms with van der Waals surface area (Å²) >= 11 is 0. The van der Waals surface area contributed by atoms with Crippen molar-refractivity contribution in [2.45, 2.75) is 0 Å². The molecule has 1 rings (SSSR count). The molecule has 0 fully saturated rings. The van der Waals surface area contributed by atoms with Gasteiger partial charge in [0.25, 0.3) is 0 Å². The Balaban J connectivity index is 2.66. The third-order valence-electron chi connectivity index (χ3n) is 0.622. The van der Waals surface area contributed by atoms with E-state index in [2.05, 4.69) is 5.32 Å². The van der Waals surface area contributed by atoms with Gasteiger partial charge in [0.2, 0.25) is 0 Å². The number of hydrogen-bond acceptors (Lipinski definition) is 2. The van der Waals surface area contributed by atoms with Gasteiger partial charge in [0.1, 0.15) is 0 Å². The van der Waals surface area contributed by atoms with Crippen molar-refractivity contribution < 1.29 is 0 Å². The van der Waals surface area contributed by atoms with E-state index >= 15 is 0 Å². The zero-order chi connectivity index (χ0) is 5.11. The predicted molar refractivity (Wildman–Crippen MR) is 31.5 cm³/mol. The fraction of sp³-hybridized carbons (Fsp3) is 0. The molecule has 0 saturated carbocycles. The molecule has 0 atom stereocenters. The molecule has 0 amide bonds. The molecule has 0 radical (unpaired) electrons. The number of nitrogens with one attached hydrogen (secondary N) is 2. The molecule has 1 heterocycles. The number of hydrogen-bond donors (Lipinski definition) is 2. The van der Waals surface area contributed by atoms with Crippen molar-refractivity contribution in [1.82, 2.24) is 5.32 Å². The molecular weight excluding hydrogens is 108 g/mol. The smallest absolute Gasteiger partial charge is 0.00809 e. The summed E-state index contributed by atoms with van der Waals surface area (Å²) in [5.41, 5.74) is 0. The Morgan fingerprint density at radius 3 is 2.14 bits per heavy atom. The third-order valence-corrected chi connectivity index (χ3v) is 1.48. The van der Waals surface area contributed by atoms with Crippen molar-refractivity contribution in [3.05, 3.63) is 23.2 Å². The van der Waals surface area contributed by atoms with Crippen molar-refractivity contribution in [3.8, 4) is 0 Å². The Kier molecular flexibility index (Phi) is 1.26. The minimum absolute atomic E-state index is 0.364. The Bertz CT molecular complexity index is 123. The second-order valence-corrected chi connectivity index (χ2v) is 2.43. The van der Waals surface area contributed by atoms with E-state index in [0.29, 0.717) is 0 Å². The highest BCUT2D eigenvalue weighted by molar-refractivity contribution is 7.91. The minimum atomic E-state index is -0.364. The summed E-state index contributed by atoms with van der Waals surface area (Å²) in [4.78, 5) is 0. The summed E-state index contributed by atoms with van der Waals surface area (Å²) in [6.07, 6.45) is 3.55. The van der Waals surface area contributed by atoms with Crippen molar-refractivity contribution in [2.24, 2.45) is 0 Å². The highest BCUT2D eigenvalue weighted by Gasteiger charge is 1.81. The van der Waals surface area contributed by atoms with Crippen LogP contribution in [0.4, 0.5) is 0 Å². The maximum atomic E-state index is 7.09. The lowest BCUT2D eigenvalue weighted by Gasteiger charge is -1.95. The van der Waals surface area contributed by atoms with Crippen LogP contribution in [0.1, 0.15) is 0 Å². The van der Waals surface area contributed by atoms with Gasteiger partial charge in [-0.2, -0.15) is 0 Å². The van der Waals surface area contributed by atoms with Crippen LogP contribution in [0.2, 0.25) is 0 Å². The lowest BCUT2D eigenvalue weighted by Crippen LogP contribution is -1.96. The van der Waals surface area contributed by atoms with Gasteiger partial charge in [0, 0.05) is 23.2 Å². The van der Waals surface area contributed by atoms with Crippen molar-refractivity contribution >= 4 is 10.7 Å². The molecule has 0 aromatic heterocycles. The zero-order valence-corrected chi connectivity index (χ0v) is 4.53. The summed E-state index contributed by atoms with van der Waals surface area (Å²) in [6, 6.07) is 0. The Morgan fingerprint density at radius 2 is 1.86 bits per heavy atom. The van der Waals surface area contributed by atoms with Gasteiger partial charge in [-0.15, -0.1) is 0 Å². The van der Waals surface area contributed by atoms with Gasteiger partial charge >= 0.3 is 0 Å². The zero-order valence-electron chi connectivity index (χ0n) is 3.72. The van der Waals surface area contributed by atoms with E-state index < -0.39 is 0 Å². The van der Waals surface area contributed by atoms with E-state index in [1.54, 1.807) is 23.2 Å². The van der Waals surface area contributed by atoms with Crippen LogP contribution in [-0.2, 0) is 10.7 Å². The normalized spacial score (nSPS) is 19.4. The van der Waals surface area contributed by atoms with Crippen LogP contribution in [0.3, 0.4) is 0 Å². The van der Waals surface area contributed by atoms with Crippen molar-refractivity contribution in [1.29, 1.82) is 4.78 Å². The van der Waals surface area contributed by atoms with Gasteiger partial charge in [-0.05, 0) is 0 Å². The van der Waals surface area contributed by atoms with E-state index in [9.17, 15) is 0 Å². The Hall–Kier alpha value is -0.570. The molecule has 0 aromatic rings. The van der Waals surface area contributed by atoms with E-state index in [1.807, 2.05) is 0 Å². The van der Waals surface area contributed by atoms with Crippen LogP contribution in [0, 0.1) is 4.78 Å². The largest absolute Gasteiger partial charge is 0.367 e. The third kappa shape index (κ3) is 1.16. The maximum absolute atomic E-state index is 7.09. The SMILES string of the molecule is N=S1C=CNC=C1. The van der Waals surface area contributed by atoms with Crippen LogP contribution in [0.25, 0.3) is 0 Å². The quantitative estimate of drug-likeness (QED) is 0.482. The molecule has 0 aromatic carbocycles. The van der Waals surface area contributed by atoms with Gasteiger partial charge in [0.15, 0.2) is 0 Å². The van der Waals surface area contributed by atoms with Gasteiger partial charge in [-0.25, -0.2) is 0 Å². The topological polar surface area (TPSA) is 35.9 Å². The molecule has 0 bridgehead atoms. The Labute approximate surface area is 44.8 Å². The minimum Gasteiger partial charge on any atom is -0.367 e. The summed E-state index contributed by atoms with van der Waals surface area (Å²) < 4.78 is 7.09. The predicted octanol–water partition coefficient (Wildman–Crippen LogP) is 0.913. The summed E-state index contributed by atoms with van der Waals surface area (Å²) in [6.45, 7) is 0. The maximum Gasteiger partial charge on any atom is 0.00809 e. The summed E-state index contributed by atoms with van der Waals surface area (Å²) in [7, 11) is -0.364. The van der Waals surface area contributed by atoms with Crippen molar-refractivity contribution in [3.63, 3.8) is 0 Å². The first kappa shape index (κ1) is 4.59. The molecular formula is C4H6N2S. The van der Waals surface area contributed by atoms with Crippen LogP contribution in [0.15, 0.2) is 23.2 Å². The van der Waals surface area contributed by atoms with Crippen LogP contribution in [0.5, 0.6) is 0 Å². The van der Waals surface area contributed by atoms with Gasteiger partial charge in [-0.1, -0.05) is 10.7 Å². The molecule has 1 aliphatic rings. The first-order valence-corrected chi connectivity index (χ1v) is 3.27. The standard InChI is InChI=1S/C4H6N2S/c5-7-3-1-6-2-4-7/h1-6H. The molecule has 1 aliphatic heterocycles. The fourth-order valence-corrected chi connectivity index (χ4v) is 0.867. The molecule has 38 valence electrons. The van der Waals surface area contributed by atoms with Crippen LogP contribution in [-0.4, -0.2) is 0 Å². The molecule has 2 nitrogen and oxygen atoms in total. The molecule has 7 heavy (non-hydrogen) atoms. The molecule has 2 N–H and O–H groups in total. The molecule has 0 saturated heterocycles. The Morgan fingerprint density at radius 1 is 1.29 bits per heavy atom. The van der Waals surface area contributed by atoms with Crippen LogP contribution < -0.4 is 5.32 Å². The summed E-state index contributed by atoms with van der Waals surface area (Å²) in [5.74, 6) is 0. The molecule has 3 heteroatoms. The van der Waals surface area contributed by atoms with Gasteiger partial charge in [0.05, 0.1) is 0 Å². The average molecular weight is 114 g/mol. The molecule has 0 unspecified atom stereocenters. The van der Waals surface area contributed by atoms with E-state index in [4.69, 9.17) is 4.78 Å². The lowest BCUT2D eigenvalue weighted by atomic mass is 10.9. The number of rotatable bonds is 0. The van der Waals surface area contributed by atoms with Crippen LogP contribution >= 0.6 is 0 Å². The highest BCUT2D eigenvalue weighted by atomic mass is 32.2. The van der Waals surface area contributed by atoms with Crippen molar-refractivity contribution in [2.75, 3.05) is 0 Å². The van der Waals surface area contributed by atoms with Gasteiger partial charge < -0.3 is 5.32 Å². The second-order valence-electron chi connectivity index (χ2n) is 1.14. The van der Waals surface area contributed by atoms with E-state index in [1.165, 1.54) is 0 Å². The molecule has 0 spiro atoms. The highest BCUT2D eigenvalue weighted by Crippen LogP contribution is 1.90. The lowest BCUT2D eigenvalue weighted by molar-refractivity contribution is 1.20. The van der Waals surface area contributed by atoms with E-state index in [0.717, 1.165) is 0 Å². The monoisotopic (exact) mass is 114 g/mol. The van der Waals surface area contributed by atoms with Gasteiger partial charge in [-0.3, -0.25) is 4.78 Å².